The van der Waals surface area contributed by atoms with Crippen molar-refractivity contribution >= 4 is 5.91 Å². The van der Waals surface area contributed by atoms with Crippen LogP contribution in [-0.4, -0.2) is 43.5 Å². The van der Waals surface area contributed by atoms with Crippen molar-refractivity contribution in [2.75, 3.05) is 26.7 Å². The van der Waals surface area contributed by atoms with Crippen LogP contribution in [0.25, 0.3) is 0 Å². The number of nitrogens with zero attached hydrogens (tertiary/aromatic N) is 1. The van der Waals surface area contributed by atoms with Gasteiger partial charge in [0.2, 0.25) is 5.91 Å². The first-order valence-corrected chi connectivity index (χ1v) is 7.68. The van der Waals surface area contributed by atoms with Gasteiger partial charge in [0.25, 0.3) is 0 Å². The summed E-state index contributed by atoms with van der Waals surface area (Å²) < 4.78 is 26.1. The molecule has 0 aliphatic carbocycles. The highest BCUT2D eigenvalue weighted by molar-refractivity contribution is 5.76. The van der Waals surface area contributed by atoms with Crippen molar-refractivity contribution in [1.29, 1.82) is 0 Å². The van der Waals surface area contributed by atoms with E-state index in [2.05, 4.69) is 15.5 Å². The van der Waals surface area contributed by atoms with Crippen LogP contribution in [0, 0.1) is 11.6 Å². The molecular weight excluding hydrogens is 288 g/mol. The fourth-order valence-electron chi connectivity index (χ4n) is 2.67. The second-order valence-corrected chi connectivity index (χ2v) is 5.72. The van der Waals surface area contributed by atoms with Gasteiger partial charge in [0.15, 0.2) is 11.6 Å². The lowest BCUT2D eigenvalue weighted by Crippen LogP contribution is -2.44. The van der Waals surface area contributed by atoms with E-state index < -0.39 is 11.6 Å². The molecule has 2 N–H and O–H groups in total. The molecular formula is C16H23F2N3O. The lowest BCUT2D eigenvalue weighted by molar-refractivity contribution is -0.122. The first kappa shape index (κ1) is 16.8. The molecule has 0 bridgehead atoms. The van der Waals surface area contributed by atoms with Crippen LogP contribution >= 0.6 is 0 Å². The zero-order valence-electron chi connectivity index (χ0n) is 12.9. The van der Waals surface area contributed by atoms with Crippen LogP contribution in [0.3, 0.4) is 0 Å². The first-order valence-electron chi connectivity index (χ1n) is 7.68. The van der Waals surface area contributed by atoms with E-state index in [-0.39, 0.29) is 11.9 Å². The van der Waals surface area contributed by atoms with Crippen molar-refractivity contribution in [3.05, 3.63) is 35.4 Å². The predicted molar refractivity (Wildman–Crippen MR) is 81.3 cm³/mol. The monoisotopic (exact) mass is 311 g/mol. The van der Waals surface area contributed by atoms with E-state index in [1.807, 2.05) is 7.05 Å². The van der Waals surface area contributed by atoms with E-state index in [4.69, 9.17) is 0 Å². The van der Waals surface area contributed by atoms with Crippen LogP contribution in [0.2, 0.25) is 0 Å². The van der Waals surface area contributed by atoms with Crippen LogP contribution in [0.15, 0.2) is 18.2 Å². The highest BCUT2D eigenvalue weighted by Gasteiger charge is 2.20. The van der Waals surface area contributed by atoms with Gasteiger partial charge in [0.1, 0.15) is 0 Å². The van der Waals surface area contributed by atoms with Gasteiger partial charge in [-0.25, -0.2) is 8.78 Å². The number of hydrogen-bond donors (Lipinski definition) is 2. The van der Waals surface area contributed by atoms with Gasteiger partial charge < -0.3 is 10.6 Å². The molecule has 1 heterocycles. The molecule has 1 aliphatic heterocycles. The predicted octanol–water partition coefficient (Wildman–Crippen LogP) is 1.65. The van der Waals surface area contributed by atoms with Gasteiger partial charge in [0.05, 0.1) is 0 Å². The average Bonchev–Trinajstić information content (AvgIpc) is 2.51. The molecule has 0 aromatic heterocycles. The van der Waals surface area contributed by atoms with E-state index >= 15 is 0 Å². The summed E-state index contributed by atoms with van der Waals surface area (Å²) in [6, 6.07) is 4.25. The minimum atomic E-state index is -0.813. The van der Waals surface area contributed by atoms with Gasteiger partial charge in [-0.05, 0) is 37.6 Å². The van der Waals surface area contributed by atoms with E-state index in [0.717, 1.165) is 31.5 Å². The fourth-order valence-corrected chi connectivity index (χ4v) is 2.67. The number of benzene rings is 1. The Morgan fingerprint density at radius 2 is 2.00 bits per heavy atom. The third kappa shape index (κ3) is 5.03. The summed E-state index contributed by atoms with van der Waals surface area (Å²) in [5, 5.41) is 5.99. The lowest BCUT2D eigenvalue weighted by atomic mass is 10.0. The summed E-state index contributed by atoms with van der Waals surface area (Å²) in [6.07, 6.45) is 2.26. The summed E-state index contributed by atoms with van der Waals surface area (Å²) >= 11 is 0. The number of carbonyl (C=O) groups is 1. The molecule has 1 amide bonds. The fraction of sp³-hybridized carbons (Fsp3) is 0.562. The molecule has 1 aromatic rings. The van der Waals surface area contributed by atoms with E-state index in [0.29, 0.717) is 19.5 Å². The molecule has 0 atom stereocenters. The summed E-state index contributed by atoms with van der Waals surface area (Å²) in [4.78, 5) is 13.9. The quantitative estimate of drug-likeness (QED) is 0.840. The van der Waals surface area contributed by atoms with Crippen LogP contribution < -0.4 is 10.6 Å². The molecule has 2 rings (SSSR count). The Balaban J connectivity index is 1.75. The Kier molecular flexibility index (Phi) is 6.27. The van der Waals surface area contributed by atoms with Crippen molar-refractivity contribution in [3.63, 3.8) is 0 Å². The topological polar surface area (TPSA) is 44.4 Å². The number of hydrogen-bond acceptors (Lipinski definition) is 3. The Bertz CT molecular complexity index is 502. The maximum atomic E-state index is 13.2. The standard InChI is InChI=1S/C16H23F2N3O/c1-19-7-4-16(22)20-13-5-8-21(9-6-13)11-12-2-3-14(17)15(18)10-12/h2-3,10,13,19H,4-9,11H2,1H3,(H,20,22). The van der Waals surface area contributed by atoms with E-state index in [1.54, 1.807) is 6.07 Å². The summed E-state index contributed by atoms with van der Waals surface area (Å²) in [5.41, 5.74) is 0.774. The normalized spacial score (nSPS) is 16.7. The Morgan fingerprint density at radius 3 is 2.64 bits per heavy atom. The molecule has 0 unspecified atom stereocenters. The highest BCUT2D eigenvalue weighted by atomic mass is 19.2. The van der Waals surface area contributed by atoms with Gasteiger partial charge in [-0.1, -0.05) is 6.07 Å². The molecule has 1 saturated heterocycles. The molecule has 0 radical (unpaired) electrons. The second kappa shape index (κ2) is 8.19. The summed E-state index contributed by atoms with van der Waals surface area (Å²) in [5.74, 6) is -1.54. The van der Waals surface area contributed by atoms with Gasteiger partial charge in [0, 0.05) is 38.6 Å². The lowest BCUT2D eigenvalue weighted by Gasteiger charge is -2.32. The van der Waals surface area contributed by atoms with Crippen LogP contribution in [-0.2, 0) is 11.3 Å². The smallest absolute Gasteiger partial charge is 0.221 e. The molecule has 1 aliphatic rings. The number of amides is 1. The van der Waals surface area contributed by atoms with Crippen LogP contribution in [0.5, 0.6) is 0 Å². The average molecular weight is 311 g/mol. The van der Waals surface area contributed by atoms with E-state index in [1.165, 1.54) is 12.1 Å². The maximum Gasteiger partial charge on any atom is 0.221 e. The van der Waals surface area contributed by atoms with Gasteiger partial charge in [-0.2, -0.15) is 0 Å². The first-order chi connectivity index (χ1) is 10.6. The Labute approximate surface area is 129 Å². The Morgan fingerprint density at radius 1 is 1.27 bits per heavy atom. The van der Waals surface area contributed by atoms with Crippen molar-refractivity contribution < 1.29 is 13.6 Å². The number of rotatable bonds is 6. The zero-order valence-corrected chi connectivity index (χ0v) is 12.9. The minimum Gasteiger partial charge on any atom is -0.353 e. The zero-order chi connectivity index (χ0) is 15.9. The van der Waals surface area contributed by atoms with E-state index in [9.17, 15) is 13.6 Å². The number of likely N-dealkylation sites (tertiary alicyclic amines) is 1. The number of carbonyl (C=O) groups excluding carboxylic acids is 1. The van der Waals surface area contributed by atoms with Gasteiger partial charge in [-0.15, -0.1) is 0 Å². The number of piperidine rings is 1. The number of halogens is 2. The largest absolute Gasteiger partial charge is 0.353 e. The van der Waals surface area contributed by atoms with Gasteiger partial charge >= 0.3 is 0 Å². The molecule has 4 nitrogen and oxygen atoms in total. The molecule has 0 spiro atoms. The third-order valence-electron chi connectivity index (χ3n) is 3.94. The second-order valence-electron chi connectivity index (χ2n) is 5.72. The maximum absolute atomic E-state index is 13.2. The minimum absolute atomic E-state index is 0.0772. The molecule has 22 heavy (non-hydrogen) atoms. The summed E-state index contributed by atoms with van der Waals surface area (Å²) in [6.45, 7) is 2.98. The third-order valence-corrected chi connectivity index (χ3v) is 3.94. The van der Waals surface area contributed by atoms with Gasteiger partial charge in [-0.3, -0.25) is 9.69 Å². The van der Waals surface area contributed by atoms with Crippen molar-refractivity contribution in [3.8, 4) is 0 Å². The molecule has 6 heteroatoms. The highest BCUT2D eigenvalue weighted by Crippen LogP contribution is 2.16. The Hall–Kier alpha value is -1.53. The van der Waals surface area contributed by atoms with Crippen LogP contribution in [0.4, 0.5) is 8.78 Å². The SMILES string of the molecule is CNCCC(=O)NC1CCN(Cc2ccc(F)c(F)c2)CC1. The number of nitrogens with one attached hydrogen (secondary N) is 2. The van der Waals surface area contributed by atoms with Crippen LogP contribution in [0.1, 0.15) is 24.8 Å². The molecule has 1 aromatic carbocycles. The molecule has 0 saturated carbocycles. The molecule has 122 valence electrons. The van der Waals surface area contributed by atoms with Crippen molar-refractivity contribution in [2.45, 2.75) is 31.8 Å². The van der Waals surface area contributed by atoms with Crippen molar-refractivity contribution in [2.24, 2.45) is 0 Å². The molecule has 1 fully saturated rings. The van der Waals surface area contributed by atoms with Crippen molar-refractivity contribution in [1.82, 2.24) is 15.5 Å². The summed E-state index contributed by atoms with van der Waals surface area (Å²) in [7, 11) is 1.82.